The Bertz CT molecular complexity index is 944. The Morgan fingerprint density at radius 1 is 1.30 bits per heavy atom. The normalized spacial score (nSPS) is 10.7. The van der Waals surface area contributed by atoms with E-state index in [0.29, 0.717) is 27.4 Å². The SMILES string of the molecule is COc1cc(NC(=O)CSc2nnc(-c3cccs3)n2C)c(OC)cc1Cl. The highest BCUT2D eigenvalue weighted by molar-refractivity contribution is 7.99. The molecule has 2 heterocycles. The molecule has 27 heavy (non-hydrogen) atoms. The topological polar surface area (TPSA) is 78.3 Å². The van der Waals surface area contributed by atoms with Crippen LogP contribution in [0.25, 0.3) is 10.7 Å². The molecule has 0 atom stereocenters. The van der Waals surface area contributed by atoms with Crippen LogP contribution in [-0.4, -0.2) is 40.6 Å². The van der Waals surface area contributed by atoms with Gasteiger partial charge in [0.2, 0.25) is 5.91 Å². The second-order valence-electron chi connectivity index (χ2n) is 5.37. The minimum absolute atomic E-state index is 0.171. The smallest absolute Gasteiger partial charge is 0.234 e. The lowest BCUT2D eigenvalue weighted by Gasteiger charge is -2.13. The quantitative estimate of drug-likeness (QED) is 0.578. The maximum Gasteiger partial charge on any atom is 0.234 e. The van der Waals surface area contributed by atoms with Gasteiger partial charge in [0.15, 0.2) is 11.0 Å². The van der Waals surface area contributed by atoms with E-state index in [2.05, 4.69) is 15.5 Å². The van der Waals surface area contributed by atoms with E-state index in [9.17, 15) is 4.79 Å². The first-order valence-corrected chi connectivity index (χ1v) is 10.0. The number of anilines is 1. The summed E-state index contributed by atoms with van der Waals surface area (Å²) >= 11 is 8.97. The Balaban J connectivity index is 1.67. The molecular weight excluding hydrogens is 408 g/mol. The van der Waals surface area contributed by atoms with Crippen LogP contribution in [0, 0.1) is 0 Å². The summed E-state index contributed by atoms with van der Waals surface area (Å²) in [4.78, 5) is 13.4. The average molecular weight is 425 g/mol. The minimum Gasteiger partial charge on any atom is -0.495 e. The van der Waals surface area contributed by atoms with Crippen molar-refractivity contribution in [3.8, 4) is 22.2 Å². The monoisotopic (exact) mass is 424 g/mol. The first kappa shape index (κ1) is 19.5. The summed E-state index contributed by atoms with van der Waals surface area (Å²) < 4.78 is 12.3. The fraction of sp³-hybridized carbons (Fsp3) is 0.235. The average Bonchev–Trinajstić information content (AvgIpc) is 3.30. The van der Waals surface area contributed by atoms with E-state index in [1.165, 1.54) is 26.0 Å². The number of thioether (sulfide) groups is 1. The molecule has 0 spiro atoms. The van der Waals surface area contributed by atoms with Gasteiger partial charge in [0.05, 0.1) is 35.6 Å². The lowest BCUT2D eigenvalue weighted by atomic mass is 10.2. The van der Waals surface area contributed by atoms with Crippen molar-refractivity contribution in [1.82, 2.24) is 14.8 Å². The van der Waals surface area contributed by atoms with Gasteiger partial charge in [-0.05, 0) is 11.4 Å². The van der Waals surface area contributed by atoms with Crippen LogP contribution >= 0.6 is 34.7 Å². The summed E-state index contributed by atoms with van der Waals surface area (Å²) in [5, 5.41) is 14.2. The molecule has 0 aliphatic heterocycles. The summed E-state index contributed by atoms with van der Waals surface area (Å²) in [6, 6.07) is 7.17. The Kier molecular flexibility index (Phi) is 6.25. The maximum absolute atomic E-state index is 12.4. The second-order valence-corrected chi connectivity index (χ2v) is 7.66. The molecule has 1 N–H and O–H groups in total. The number of amides is 1. The molecule has 0 aliphatic carbocycles. The van der Waals surface area contributed by atoms with Crippen LogP contribution in [-0.2, 0) is 11.8 Å². The van der Waals surface area contributed by atoms with E-state index in [0.717, 1.165) is 10.7 Å². The van der Waals surface area contributed by atoms with Crippen molar-refractivity contribution in [2.75, 3.05) is 25.3 Å². The number of nitrogens with one attached hydrogen (secondary N) is 1. The fourth-order valence-corrected chi connectivity index (χ4v) is 4.02. The van der Waals surface area contributed by atoms with Gasteiger partial charge in [-0.15, -0.1) is 21.5 Å². The van der Waals surface area contributed by atoms with E-state index in [1.807, 2.05) is 29.1 Å². The van der Waals surface area contributed by atoms with Gasteiger partial charge in [0, 0.05) is 19.2 Å². The first-order chi connectivity index (χ1) is 13.0. The van der Waals surface area contributed by atoms with Crippen LogP contribution in [0.15, 0.2) is 34.8 Å². The summed E-state index contributed by atoms with van der Waals surface area (Å²) in [7, 11) is 4.89. The molecule has 0 unspecified atom stereocenters. The molecule has 0 fully saturated rings. The van der Waals surface area contributed by atoms with Gasteiger partial charge in [0.25, 0.3) is 0 Å². The number of rotatable bonds is 7. The van der Waals surface area contributed by atoms with Gasteiger partial charge in [0.1, 0.15) is 11.5 Å². The molecule has 3 rings (SSSR count). The second kappa shape index (κ2) is 8.64. The molecule has 1 aromatic carbocycles. The van der Waals surface area contributed by atoms with Crippen LogP contribution < -0.4 is 14.8 Å². The molecular formula is C17H17ClN4O3S2. The lowest BCUT2D eigenvalue weighted by molar-refractivity contribution is -0.113. The van der Waals surface area contributed by atoms with E-state index in [-0.39, 0.29) is 11.7 Å². The number of hydrogen-bond donors (Lipinski definition) is 1. The van der Waals surface area contributed by atoms with E-state index in [4.69, 9.17) is 21.1 Å². The van der Waals surface area contributed by atoms with Crippen LogP contribution in [0.2, 0.25) is 5.02 Å². The number of carbonyl (C=O) groups excluding carboxylic acids is 1. The molecule has 1 amide bonds. The molecule has 3 aromatic rings. The van der Waals surface area contributed by atoms with Gasteiger partial charge >= 0.3 is 0 Å². The van der Waals surface area contributed by atoms with Crippen LogP contribution in [0.4, 0.5) is 5.69 Å². The van der Waals surface area contributed by atoms with Crippen molar-refractivity contribution >= 4 is 46.3 Å². The van der Waals surface area contributed by atoms with E-state index < -0.39 is 0 Å². The third kappa shape index (κ3) is 4.37. The summed E-state index contributed by atoms with van der Waals surface area (Å²) in [6.45, 7) is 0. The van der Waals surface area contributed by atoms with Gasteiger partial charge in [-0.25, -0.2) is 0 Å². The van der Waals surface area contributed by atoms with Crippen LogP contribution in [0.5, 0.6) is 11.5 Å². The first-order valence-electron chi connectivity index (χ1n) is 7.81. The van der Waals surface area contributed by atoms with Crippen molar-refractivity contribution in [1.29, 1.82) is 0 Å². The van der Waals surface area contributed by atoms with Crippen molar-refractivity contribution in [3.63, 3.8) is 0 Å². The largest absolute Gasteiger partial charge is 0.495 e. The highest BCUT2D eigenvalue weighted by atomic mass is 35.5. The van der Waals surface area contributed by atoms with Crippen LogP contribution in [0.3, 0.4) is 0 Å². The Hall–Kier alpha value is -2.23. The molecule has 0 radical (unpaired) electrons. The number of hydrogen-bond acceptors (Lipinski definition) is 7. The third-order valence-electron chi connectivity index (χ3n) is 3.66. The highest BCUT2D eigenvalue weighted by Gasteiger charge is 2.16. The number of aromatic nitrogens is 3. The molecule has 10 heteroatoms. The van der Waals surface area contributed by atoms with Gasteiger partial charge in [-0.2, -0.15) is 0 Å². The Morgan fingerprint density at radius 3 is 2.74 bits per heavy atom. The molecule has 7 nitrogen and oxygen atoms in total. The lowest BCUT2D eigenvalue weighted by Crippen LogP contribution is -2.15. The number of methoxy groups -OCH3 is 2. The standard InChI is InChI=1S/C17H17ClN4O3S2/c1-22-16(14-5-4-6-26-14)20-21-17(22)27-9-15(23)19-11-8-12(24-2)10(18)7-13(11)25-3/h4-8H,9H2,1-3H3,(H,19,23). The van der Waals surface area contributed by atoms with Crippen molar-refractivity contribution in [2.45, 2.75) is 5.16 Å². The van der Waals surface area contributed by atoms with Gasteiger partial charge in [-0.1, -0.05) is 29.4 Å². The van der Waals surface area contributed by atoms with Gasteiger partial charge < -0.3 is 19.4 Å². The fourth-order valence-electron chi connectivity index (χ4n) is 2.34. The Morgan fingerprint density at radius 2 is 2.07 bits per heavy atom. The zero-order chi connectivity index (χ0) is 19.4. The third-order valence-corrected chi connectivity index (χ3v) is 5.84. The number of benzene rings is 1. The molecule has 0 aliphatic rings. The number of nitrogens with zero attached hydrogens (tertiary/aromatic N) is 3. The Labute approximate surface area is 169 Å². The predicted molar refractivity (Wildman–Crippen MR) is 108 cm³/mol. The molecule has 0 saturated carbocycles. The van der Waals surface area contributed by atoms with E-state index in [1.54, 1.807) is 23.5 Å². The molecule has 0 bridgehead atoms. The summed E-state index contributed by atoms with van der Waals surface area (Å²) in [6.07, 6.45) is 0. The number of ether oxygens (including phenoxy) is 2. The van der Waals surface area contributed by atoms with Gasteiger partial charge in [-0.3, -0.25) is 4.79 Å². The zero-order valence-corrected chi connectivity index (χ0v) is 17.2. The molecule has 2 aromatic heterocycles. The highest BCUT2D eigenvalue weighted by Crippen LogP contribution is 2.36. The summed E-state index contributed by atoms with van der Waals surface area (Å²) in [5.74, 6) is 1.65. The van der Waals surface area contributed by atoms with E-state index >= 15 is 0 Å². The number of halogens is 1. The summed E-state index contributed by atoms with van der Waals surface area (Å²) in [5.41, 5.74) is 0.488. The molecule has 142 valence electrons. The molecule has 0 saturated heterocycles. The predicted octanol–water partition coefficient (Wildman–Crippen LogP) is 3.95. The van der Waals surface area contributed by atoms with Crippen molar-refractivity contribution < 1.29 is 14.3 Å². The van der Waals surface area contributed by atoms with Crippen LogP contribution in [0.1, 0.15) is 0 Å². The zero-order valence-electron chi connectivity index (χ0n) is 14.9. The van der Waals surface area contributed by atoms with Crippen molar-refractivity contribution in [3.05, 3.63) is 34.7 Å². The van der Waals surface area contributed by atoms with Crippen molar-refractivity contribution in [2.24, 2.45) is 7.05 Å². The minimum atomic E-state index is -0.205. The number of thiophene rings is 1. The maximum atomic E-state index is 12.4. The number of carbonyl (C=O) groups is 1.